The molecule has 0 radical (unpaired) electrons. The first kappa shape index (κ1) is 8.05. The fourth-order valence-electron chi connectivity index (χ4n) is 0.701. The van der Waals surface area contributed by atoms with Gasteiger partial charge in [-0.3, -0.25) is 0 Å². The number of benzene rings is 1. The Kier molecular flexibility index (Phi) is 2.90. The van der Waals surface area contributed by atoms with E-state index in [0.717, 1.165) is 4.90 Å². The van der Waals surface area contributed by atoms with Crippen molar-refractivity contribution in [3.63, 3.8) is 0 Å². The first-order valence-electron chi connectivity index (χ1n) is 3.22. The highest BCUT2D eigenvalue weighted by Gasteiger charge is 1.91. The summed E-state index contributed by atoms with van der Waals surface area (Å²) in [5.74, 6) is 0. The van der Waals surface area contributed by atoms with E-state index in [1.807, 2.05) is 31.2 Å². The Morgan fingerprint density at radius 1 is 1.36 bits per heavy atom. The highest BCUT2D eigenvalue weighted by atomic mass is 32.2. The van der Waals surface area contributed by atoms with Crippen LogP contribution in [-0.2, 0) is 0 Å². The molecule has 0 aliphatic carbocycles. The predicted molar refractivity (Wildman–Crippen MR) is 46.7 cm³/mol. The van der Waals surface area contributed by atoms with Crippen LogP contribution in [0.2, 0.25) is 0 Å². The van der Waals surface area contributed by atoms with E-state index < -0.39 is 0 Å². The molecule has 0 saturated heterocycles. The molecule has 2 nitrogen and oxygen atoms in total. The zero-order valence-electron chi connectivity index (χ0n) is 6.19. The third-order valence-corrected chi connectivity index (χ3v) is 2.00. The number of hydrogen-bond acceptors (Lipinski definition) is 1. The highest BCUT2D eigenvalue weighted by molar-refractivity contribution is 8.11. The van der Waals surface area contributed by atoms with Crippen molar-refractivity contribution < 1.29 is 4.79 Å². The van der Waals surface area contributed by atoms with Gasteiger partial charge in [0, 0.05) is 4.90 Å². The second-order valence-corrected chi connectivity index (χ2v) is 3.07. The van der Waals surface area contributed by atoms with Crippen molar-refractivity contribution in [1.29, 1.82) is 0 Å². The number of thioether (sulfide) groups is 1. The largest absolute Gasteiger partial charge is 0.361 e. The average molecular weight is 164 g/mol. The lowest BCUT2D eigenvalue weighted by Gasteiger charge is -1.92. The molecule has 0 aliphatic heterocycles. The molecule has 11 heavy (non-hydrogen) atoms. The zero-order chi connectivity index (χ0) is 8.10. The molecule has 0 aliphatic rings. The van der Waals surface area contributed by atoms with Crippen LogP contribution in [0.25, 0.3) is 5.53 Å². The van der Waals surface area contributed by atoms with Crippen molar-refractivity contribution in [2.75, 3.05) is 0 Å². The monoisotopic (exact) mass is 164 g/mol. The van der Waals surface area contributed by atoms with Crippen molar-refractivity contribution in [3.05, 3.63) is 35.4 Å². The van der Waals surface area contributed by atoms with Gasteiger partial charge in [-0.2, -0.15) is 4.79 Å². The molecule has 0 amide bonds. The standard InChI is InChI=1S/C8H8N2S/c1-7-2-4-8(5-3-7)11-6-10-9/h2-6H,1H3. The van der Waals surface area contributed by atoms with Crippen LogP contribution >= 0.6 is 11.8 Å². The Balaban J connectivity index is 2.73. The van der Waals surface area contributed by atoms with E-state index in [0.29, 0.717) is 0 Å². The van der Waals surface area contributed by atoms with Crippen LogP contribution in [0.5, 0.6) is 0 Å². The van der Waals surface area contributed by atoms with Crippen LogP contribution in [-0.4, -0.2) is 10.3 Å². The van der Waals surface area contributed by atoms with Crippen LogP contribution in [0.3, 0.4) is 0 Å². The Morgan fingerprint density at radius 2 is 2.00 bits per heavy atom. The normalized spacial score (nSPS) is 8.82. The summed E-state index contributed by atoms with van der Waals surface area (Å²) in [7, 11) is 0. The summed E-state index contributed by atoms with van der Waals surface area (Å²) in [4.78, 5) is 3.97. The van der Waals surface area contributed by atoms with Crippen LogP contribution in [0.4, 0.5) is 0 Å². The van der Waals surface area contributed by atoms with E-state index in [1.165, 1.54) is 22.9 Å². The van der Waals surface area contributed by atoms with Crippen molar-refractivity contribution in [2.24, 2.45) is 0 Å². The Bertz CT molecular complexity index is 273. The van der Waals surface area contributed by atoms with Crippen molar-refractivity contribution >= 4 is 17.3 Å². The molecule has 1 rings (SSSR count). The molecule has 56 valence electrons. The molecule has 3 heteroatoms. The second kappa shape index (κ2) is 3.96. The molecule has 0 fully saturated rings. The van der Waals surface area contributed by atoms with Gasteiger partial charge < -0.3 is 5.53 Å². The number of aryl methyl sites for hydroxylation is 1. The Labute approximate surface area is 69.9 Å². The highest BCUT2D eigenvalue weighted by Crippen LogP contribution is 2.14. The Hall–Kier alpha value is -1.05. The van der Waals surface area contributed by atoms with Crippen molar-refractivity contribution in [1.82, 2.24) is 0 Å². The minimum Gasteiger partial charge on any atom is -0.361 e. The van der Waals surface area contributed by atoms with E-state index in [1.54, 1.807) is 0 Å². The average Bonchev–Trinajstić information content (AvgIpc) is 2.04. The quantitative estimate of drug-likeness (QED) is 0.217. The van der Waals surface area contributed by atoms with Gasteiger partial charge in [0.25, 0.3) is 0 Å². The lowest BCUT2D eigenvalue weighted by Crippen LogP contribution is -1.73. The molecular formula is C8H8N2S. The smallest absolute Gasteiger partial charge is 0.319 e. The van der Waals surface area contributed by atoms with Gasteiger partial charge in [-0.15, -0.1) is 0 Å². The van der Waals surface area contributed by atoms with Gasteiger partial charge in [0.2, 0.25) is 0 Å². The van der Waals surface area contributed by atoms with Gasteiger partial charge in [-0.25, -0.2) is 0 Å². The van der Waals surface area contributed by atoms with Crippen molar-refractivity contribution in [3.8, 4) is 0 Å². The van der Waals surface area contributed by atoms with Crippen molar-refractivity contribution in [2.45, 2.75) is 11.8 Å². The summed E-state index contributed by atoms with van der Waals surface area (Å²) in [6.45, 7) is 2.04. The van der Waals surface area contributed by atoms with Gasteiger partial charge in [0.1, 0.15) is 0 Å². The zero-order valence-corrected chi connectivity index (χ0v) is 7.01. The maximum Gasteiger partial charge on any atom is 0.319 e. The Morgan fingerprint density at radius 3 is 2.55 bits per heavy atom. The van der Waals surface area contributed by atoms with Gasteiger partial charge in [0.05, 0.1) is 0 Å². The maximum atomic E-state index is 8.13. The molecule has 0 atom stereocenters. The van der Waals surface area contributed by atoms with E-state index in [9.17, 15) is 0 Å². The van der Waals surface area contributed by atoms with Crippen LogP contribution in [0.15, 0.2) is 29.2 Å². The van der Waals surface area contributed by atoms with Crippen LogP contribution < -0.4 is 0 Å². The van der Waals surface area contributed by atoms with E-state index >= 15 is 0 Å². The van der Waals surface area contributed by atoms with Gasteiger partial charge in [-0.1, -0.05) is 17.7 Å². The van der Waals surface area contributed by atoms with Gasteiger partial charge in [0.15, 0.2) is 0 Å². The summed E-state index contributed by atoms with van der Waals surface area (Å²) in [6.07, 6.45) is 0. The summed E-state index contributed by atoms with van der Waals surface area (Å²) in [5.41, 5.74) is 10.8. The molecule has 0 spiro atoms. The minimum absolute atomic E-state index is 1.08. The lowest BCUT2D eigenvalue weighted by molar-refractivity contribution is 0.00835. The number of nitrogens with zero attached hydrogens (tertiary/aromatic N) is 2. The number of hydrogen-bond donors (Lipinski definition) is 0. The molecule has 0 bridgehead atoms. The van der Waals surface area contributed by atoms with Crippen LogP contribution in [0.1, 0.15) is 5.56 Å². The lowest BCUT2D eigenvalue weighted by atomic mass is 10.2. The SMILES string of the molecule is Cc1ccc(SC=[N+]=[N-])cc1. The second-order valence-electron chi connectivity index (χ2n) is 2.15. The molecule has 1 aromatic rings. The first-order valence-corrected chi connectivity index (χ1v) is 4.10. The summed E-state index contributed by atoms with van der Waals surface area (Å²) >= 11 is 1.39. The molecule has 0 heterocycles. The minimum atomic E-state index is 1.08. The number of rotatable bonds is 2. The fraction of sp³-hybridized carbons (Fsp3) is 0.125. The first-order chi connectivity index (χ1) is 5.33. The van der Waals surface area contributed by atoms with Crippen LogP contribution in [0, 0.1) is 6.92 Å². The summed E-state index contributed by atoms with van der Waals surface area (Å²) < 4.78 is 0. The summed E-state index contributed by atoms with van der Waals surface area (Å²) in [5, 5.41) is 0. The molecule has 0 aromatic heterocycles. The molecule has 0 N–H and O–H groups in total. The molecule has 1 aromatic carbocycles. The summed E-state index contributed by atoms with van der Waals surface area (Å²) in [6, 6.07) is 8.02. The van der Waals surface area contributed by atoms with E-state index in [-0.39, 0.29) is 0 Å². The fourth-order valence-corrected chi connectivity index (χ4v) is 1.16. The third-order valence-electron chi connectivity index (χ3n) is 1.26. The third kappa shape index (κ3) is 2.58. The van der Waals surface area contributed by atoms with E-state index in [2.05, 4.69) is 4.79 Å². The topological polar surface area (TPSA) is 36.4 Å². The maximum absolute atomic E-state index is 8.13. The molecular weight excluding hydrogens is 156 g/mol. The van der Waals surface area contributed by atoms with Gasteiger partial charge >= 0.3 is 5.55 Å². The van der Waals surface area contributed by atoms with E-state index in [4.69, 9.17) is 5.53 Å². The van der Waals surface area contributed by atoms with Gasteiger partial charge in [-0.05, 0) is 30.8 Å². The predicted octanol–water partition coefficient (Wildman–Crippen LogP) is 2.35. The molecule has 0 unspecified atom stereocenters. The molecule has 0 saturated carbocycles.